The van der Waals surface area contributed by atoms with Crippen molar-refractivity contribution in [2.24, 2.45) is 5.92 Å². The summed E-state index contributed by atoms with van der Waals surface area (Å²) in [5.41, 5.74) is 0.122. The molecule has 168 valence electrons. The largest absolute Gasteiger partial charge is 0.487 e. The average molecular weight is 529 g/mol. The fourth-order valence-electron chi connectivity index (χ4n) is 4.57. The molecule has 0 amide bonds. The lowest BCUT2D eigenvalue weighted by atomic mass is 9.75. The lowest BCUT2D eigenvalue weighted by Crippen LogP contribution is -2.40. The van der Waals surface area contributed by atoms with Gasteiger partial charge in [-0.25, -0.2) is 13.1 Å². The Bertz CT molecular complexity index is 1080. The summed E-state index contributed by atoms with van der Waals surface area (Å²) in [5.74, 6) is 0.992. The highest BCUT2D eigenvalue weighted by Crippen LogP contribution is 2.55. The van der Waals surface area contributed by atoms with E-state index in [0.29, 0.717) is 22.3 Å². The SMILES string of the molecule is CC(C)[C@]12CC[C@@](C)(O1)[C@@H](Oc1cccc(Cl)c1CNS(=O)(=O)c1ccc(Br)cc1)C2. The molecule has 0 aliphatic carbocycles. The van der Waals surface area contributed by atoms with E-state index in [1.165, 1.54) is 0 Å². The molecule has 2 fully saturated rings. The van der Waals surface area contributed by atoms with E-state index in [1.807, 2.05) is 12.1 Å². The van der Waals surface area contributed by atoms with Crippen LogP contribution in [0.4, 0.5) is 0 Å². The van der Waals surface area contributed by atoms with Crippen molar-refractivity contribution in [3.8, 4) is 5.75 Å². The Balaban J connectivity index is 1.54. The zero-order valence-corrected chi connectivity index (χ0v) is 21.0. The third kappa shape index (κ3) is 4.40. The standard InChI is InChI=1S/C23H27BrClNO4S/c1-15(2)23-12-11-22(3,30-23)21(13-23)29-20-6-4-5-19(25)18(20)14-26-31(27,28)17-9-7-16(24)8-10-17/h4-10,15,21,26H,11-14H2,1-3H3/t21-,22+,23+/m0/s1. The minimum atomic E-state index is -3.69. The van der Waals surface area contributed by atoms with Crippen molar-refractivity contribution >= 4 is 37.6 Å². The maximum Gasteiger partial charge on any atom is 0.240 e. The van der Waals surface area contributed by atoms with Crippen LogP contribution < -0.4 is 9.46 Å². The molecule has 2 aromatic rings. The molecule has 2 heterocycles. The lowest BCUT2D eigenvalue weighted by Gasteiger charge is -2.32. The van der Waals surface area contributed by atoms with Gasteiger partial charge in [-0.05, 0) is 62.1 Å². The molecule has 4 rings (SSSR count). The number of rotatable bonds is 7. The summed E-state index contributed by atoms with van der Waals surface area (Å²) in [6, 6.07) is 11.9. The van der Waals surface area contributed by atoms with Gasteiger partial charge in [-0.3, -0.25) is 0 Å². The molecule has 2 aromatic carbocycles. The van der Waals surface area contributed by atoms with E-state index in [1.54, 1.807) is 30.3 Å². The van der Waals surface area contributed by atoms with E-state index in [4.69, 9.17) is 21.1 Å². The predicted molar refractivity (Wildman–Crippen MR) is 125 cm³/mol. The van der Waals surface area contributed by atoms with Gasteiger partial charge in [-0.2, -0.15) is 0 Å². The molecule has 31 heavy (non-hydrogen) atoms. The normalized spacial score (nSPS) is 27.7. The van der Waals surface area contributed by atoms with Crippen LogP contribution in [0, 0.1) is 5.92 Å². The number of hydrogen-bond donors (Lipinski definition) is 1. The van der Waals surface area contributed by atoms with Crippen LogP contribution in [0.3, 0.4) is 0 Å². The first kappa shape index (κ1) is 23.1. The fourth-order valence-corrected chi connectivity index (χ4v) is 6.07. The average Bonchev–Trinajstić information content (AvgIpc) is 3.20. The van der Waals surface area contributed by atoms with Crippen molar-refractivity contribution in [3.05, 3.63) is 57.5 Å². The van der Waals surface area contributed by atoms with Crippen molar-refractivity contribution in [2.75, 3.05) is 0 Å². The molecular formula is C23H27BrClNO4S. The van der Waals surface area contributed by atoms with Crippen LogP contribution in [-0.2, 0) is 21.3 Å². The Labute approximate surface area is 197 Å². The quantitative estimate of drug-likeness (QED) is 0.501. The first-order valence-corrected chi connectivity index (χ1v) is 13.1. The van der Waals surface area contributed by atoms with Gasteiger partial charge < -0.3 is 9.47 Å². The monoisotopic (exact) mass is 527 g/mol. The minimum absolute atomic E-state index is 0.0347. The highest BCUT2D eigenvalue weighted by Gasteiger charge is 2.61. The lowest BCUT2D eigenvalue weighted by molar-refractivity contribution is -0.0770. The second-order valence-corrected chi connectivity index (χ2v) is 12.0. The maximum atomic E-state index is 12.7. The predicted octanol–water partition coefficient (Wildman–Crippen LogP) is 5.70. The Morgan fingerprint density at radius 1 is 1.23 bits per heavy atom. The molecule has 2 saturated heterocycles. The van der Waals surface area contributed by atoms with E-state index in [2.05, 4.69) is 41.4 Å². The first-order valence-electron chi connectivity index (χ1n) is 10.4. The summed E-state index contributed by atoms with van der Waals surface area (Å²) in [5, 5.41) is 0.462. The second-order valence-electron chi connectivity index (χ2n) is 8.94. The van der Waals surface area contributed by atoms with Crippen molar-refractivity contribution in [1.29, 1.82) is 0 Å². The minimum Gasteiger partial charge on any atom is -0.487 e. The van der Waals surface area contributed by atoms with Gasteiger partial charge >= 0.3 is 0 Å². The van der Waals surface area contributed by atoms with Gasteiger partial charge in [0.15, 0.2) is 0 Å². The number of ether oxygens (including phenoxy) is 2. The molecule has 5 nitrogen and oxygen atoms in total. The summed E-state index contributed by atoms with van der Waals surface area (Å²) < 4.78 is 41.8. The summed E-state index contributed by atoms with van der Waals surface area (Å²) in [6.07, 6.45) is 2.69. The molecule has 0 saturated carbocycles. The number of fused-ring (bicyclic) bond motifs is 2. The number of nitrogens with one attached hydrogen (secondary N) is 1. The molecule has 2 aliphatic heterocycles. The highest BCUT2D eigenvalue weighted by atomic mass is 79.9. The Kier molecular flexibility index (Phi) is 6.20. The van der Waals surface area contributed by atoms with Gasteiger partial charge in [0.25, 0.3) is 0 Å². The Hall–Kier alpha value is -1.12. The fraction of sp³-hybridized carbons (Fsp3) is 0.478. The smallest absolute Gasteiger partial charge is 0.240 e. The van der Waals surface area contributed by atoms with Gasteiger partial charge in [-0.1, -0.05) is 47.4 Å². The third-order valence-corrected chi connectivity index (χ3v) is 8.95. The highest BCUT2D eigenvalue weighted by molar-refractivity contribution is 9.10. The van der Waals surface area contributed by atoms with Crippen LogP contribution in [0.1, 0.15) is 45.6 Å². The van der Waals surface area contributed by atoms with Crippen LogP contribution in [0.25, 0.3) is 0 Å². The molecule has 0 aromatic heterocycles. The number of halogens is 2. The van der Waals surface area contributed by atoms with Crippen molar-refractivity contribution in [1.82, 2.24) is 4.72 Å². The summed E-state index contributed by atoms with van der Waals surface area (Å²) in [6.45, 7) is 6.52. The summed E-state index contributed by atoms with van der Waals surface area (Å²) in [4.78, 5) is 0.193. The van der Waals surface area contributed by atoms with Crippen molar-refractivity contribution in [3.63, 3.8) is 0 Å². The number of benzene rings is 2. The van der Waals surface area contributed by atoms with Gasteiger partial charge in [0.05, 0.1) is 10.5 Å². The second kappa shape index (κ2) is 8.34. The first-order chi connectivity index (χ1) is 14.5. The summed E-state index contributed by atoms with van der Waals surface area (Å²) >= 11 is 9.77. The topological polar surface area (TPSA) is 64.6 Å². The van der Waals surface area contributed by atoms with Gasteiger partial charge in [0.1, 0.15) is 17.5 Å². The zero-order valence-electron chi connectivity index (χ0n) is 17.8. The molecular weight excluding hydrogens is 502 g/mol. The molecule has 8 heteroatoms. The number of sulfonamides is 1. The third-order valence-electron chi connectivity index (χ3n) is 6.65. The van der Waals surface area contributed by atoms with Crippen molar-refractivity contribution in [2.45, 2.75) is 68.8 Å². The maximum absolute atomic E-state index is 12.7. The molecule has 2 bridgehead atoms. The molecule has 1 N–H and O–H groups in total. The number of hydrogen-bond acceptors (Lipinski definition) is 4. The zero-order chi connectivity index (χ0) is 22.4. The van der Waals surface area contributed by atoms with Gasteiger partial charge in [-0.15, -0.1) is 0 Å². The van der Waals surface area contributed by atoms with E-state index >= 15 is 0 Å². The molecule has 0 unspecified atom stereocenters. The van der Waals surface area contributed by atoms with E-state index in [0.717, 1.165) is 23.7 Å². The van der Waals surface area contributed by atoms with Crippen LogP contribution in [0.5, 0.6) is 5.75 Å². The van der Waals surface area contributed by atoms with Gasteiger partial charge in [0, 0.05) is 28.0 Å². The molecule has 2 aliphatic rings. The van der Waals surface area contributed by atoms with Crippen LogP contribution >= 0.6 is 27.5 Å². The van der Waals surface area contributed by atoms with E-state index in [-0.39, 0.29) is 28.7 Å². The Morgan fingerprint density at radius 3 is 2.58 bits per heavy atom. The summed E-state index contributed by atoms with van der Waals surface area (Å²) in [7, 11) is -3.69. The van der Waals surface area contributed by atoms with Crippen LogP contribution in [-0.4, -0.2) is 25.7 Å². The van der Waals surface area contributed by atoms with Crippen LogP contribution in [0.2, 0.25) is 5.02 Å². The molecule has 3 atom stereocenters. The molecule has 0 spiro atoms. The van der Waals surface area contributed by atoms with Crippen LogP contribution in [0.15, 0.2) is 51.8 Å². The molecule has 0 radical (unpaired) electrons. The van der Waals surface area contributed by atoms with Crippen molar-refractivity contribution < 1.29 is 17.9 Å². The van der Waals surface area contributed by atoms with E-state index in [9.17, 15) is 8.42 Å². The Morgan fingerprint density at radius 2 is 1.94 bits per heavy atom. The van der Waals surface area contributed by atoms with Gasteiger partial charge in [0.2, 0.25) is 10.0 Å². The van der Waals surface area contributed by atoms with E-state index < -0.39 is 10.0 Å².